The van der Waals surface area contributed by atoms with E-state index in [0.717, 1.165) is 21.8 Å². The number of aldehydes is 1. The number of nitrogens with zero attached hydrogens (tertiary/aromatic N) is 2. The van der Waals surface area contributed by atoms with Crippen molar-refractivity contribution < 1.29 is 60.6 Å². The predicted molar refractivity (Wildman–Crippen MR) is 94.9 cm³/mol. The number of ether oxygens (including phenoxy) is 1. The molecule has 0 amide bonds. The largest absolute Gasteiger partial charge is 2.00 e. The normalized spacial score (nSPS) is 10.1. The minimum Gasteiger partial charge on any atom is -0.869 e. The SMILES string of the molecule is COc1cccc(C=O)c1[O-].[Cu+2].[O-][Cl+3]([O-])([O-])[O-].c1cnc2c(c1)ccc1cccnc12. The van der Waals surface area contributed by atoms with Gasteiger partial charge in [0.2, 0.25) is 0 Å². The predicted octanol–water partition coefficient (Wildman–Crippen LogP) is -1.39. The second-order valence-electron chi connectivity index (χ2n) is 5.59. The van der Waals surface area contributed by atoms with Crippen LogP contribution in [0.15, 0.2) is 67.0 Å². The van der Waals surface area contributed by atoms with Crippen molar-refractivity contribution >= 4 is 28.1 Å². The molecule has 1 radical (unpaired) electrons. The van der Waals surface area contributed by atoms with E-state index >= 15 is 0 Å². The Morgan fingerprint density at radius 3 is 1.74 bits per heavy atom. The van der Waals surface area contributed by atoms with Gasteiger partial charge < -0.3 is 9.84 Å². The number of carbonyl (C=O) groups excluding carboxylic acids is 1. The summed E-state index contributed by atoms with van der Waals surface area (Å²) in [6.07, 6.45) is 4.12. The average Bonchev–Trinajstić information content (AvgIpc) is 2.73. The van der Waals surface area contributed by atoms with Gasteiger partial charge in [0, 0.05) is 28.7 Å². The molecule has 0 aliphatic heterocycles. The Hall–Kier alpha value is -2.82. The third-order valence-electron chi connectivity index (χ3n) is 3.70. The molecule has 2 aromatic heterocycles. The average molecular weight is 494 g/mol. The van der Waals surface area contributed by atoms with Crippen molar-refractivity contribution in [2.45, 2.75) is 0 Å². The molecule has 9 nitrogen and oxygen atoms in total. The van der Waals surface area contributed by atoms with Gasteiger partial charge in [-0.05, 0) is 18.2 Å². The van der Waals surface area contributed by atoms with E-state index in [2.05, 4.69) is 34.2 Å². The van der Waals surface area contributed by atoms with E-state index in [0.29, 0.717) is 6.29 Å². The fraction of sp³-hybridized carbons (Fsp3) is 0.0500. The molecule has 0 bridgehead atoms. The van der Waals surface area contributed by atoms with Gasteiger partial charge >= 0.3 is 17.1 Å². The van der Waals surface area contributed by atoms with Gasteiger partial charge in [0.25, 0.3) is 0 Å². The van der Waals surface area contributed by atoms with Crippen molar-refractivity contribution in [3.63, 3.8) is 0 Å². The van der Waals surface area contributed by atoms with E-state index in [-0.39, 0.29) is 34.1 Å². The molecule has 2 heterocycles. The quantitative estimate of drug-likeness (QED) is 0.185. The van der Waals surface area contributed by atoms with Gasteiger partial charge in [-0.25, -0.2) is 18.6 Å². The first-order chi connectivity index (χ1) is 14.2. The first kappa shape index (κ1) is 26.2. The molecule has 2 aromatic carbocycles. The zero-order chi connectivity index (χ0) is 22.1. The molecular weight excluding hydrogens is 479 g/mol. The molecule has 0 N–H and O–H groups in total. The first-order valence-electron chi connectivity index (χ1n) is 8.24. The number of pyridine rings is 2. The van der Waals surface area contributed by atoms with Gasteiger partial charge in [-0.3, -0.25) is 14.8 Å². The Morgan fingerprint density at radius 1 is 0.839 bits per heavy atom. The number of hydrogen-bond donors (Lipinski definition) is 0. The van der Waals surface area contributed by atoms with Crippen molar-refractivity contribution in [3.05, 3.63) is 72.6 Å². The summed E-state index contributed by atoms with van der Waals surface area (Å²) in [6.45, 7) is 0. The van der Waals surface area contributed by atoms with Crippen LogP contribution in [0.1, 0.15) is 10.4 Å². The fourth-order valence-electron chi connectivity index (χ4n) is 2.47. The molecule has 31 heavy (non-hydrogen) atoms. The van der Waals surface area contributed by atoms with Gasteiger partial charge in [0.05, 0.1) is 18.1 Å². The molecule has 0 unspecified atom stereocenters. The van der Waals surface area contributed by atoms with Crippen LogP contribution in [0.3, 0.4) is 0 Å². The van der Waals surface area contributed by atoms with Crippen molar-refractivity contribution in [3.8, 4) is 11.5 Å². The van der Waals surface area contributed by atoms with Gasteiger partial charge in [-0.15, -0.1) is 10.2 Å². The van der Waals surface area contributed by atoms with E-state index in [4.69, 9.17) is 23.4 Å². The zero-order valence-electron chi connectivity index (χ0n) is 15.9. The first-order valence-corrected chi connectivity index (χ1v) is 9.47. The van der Waals surface area contributed by atoms with E-state index in [1.54, 1.807) is 18.5 Å². The van der Waals surface area contributed by atoms with Crippen LogP contribution in [0.25, 0.3) is 21.8 Å². The molecule has 0 atom stereocenters. The van der Waals surface area contributed by atoms with Crippen LogP contribution in [0.4, 0.5) is 0 Å². The number of para-hydroxylation sites is 1. The summed E-state index contributed by atoms with van der Waals surface area (Å²) >= 11 is 0. The molecule has 0 aliphatic carbocycles. The van der Waals surface area contributed by atoms with Crippen molar-refractivity contribution in [1.82, 2.24) is 9.97 Å². The summed E-state index contributed by atoms with van der Waals surface area (Å²) in [6, 6.07) is 16.7. The third kappa shape index (κ3) is 8.08. The van der Waals surface area contributed by atoms with E-state index < -0.39 is 10.2 Å². The number of benzene rings is 2. The summed E-state index contributed by atoms with van der Waals surface area (Å²) in [4.78, 5) is 18.9. The Balaban J connectivity index is 0.000000255. The number of aromatic nitrogens is 2. The van der Waals surface area contributed by atoms with Gasteiger partial charge in [0.15, 0.2) is 0 Å². The fourth-order valence-corrected chi connectivity index (χ4v) is 2.47. The van der Waals surface area contributed by atoms with Gasteiger partial charge in [-0.1, -0.05) is 42.1 Å². The minimum absolute atomic E-state index is 0. The monoisotopic (exact) mass is 493 g/mol. The molecule has 0 aliphatic rings. The maximum Gasteiger partial charge on any atom is 2.00 e. The van der Waals surface area contributed by atoms with Gasteiger partial charge in [-0.2, -0.15) is 0 Å². The minimum atomic E-state index is -4.94. The number of halogens is 1. The van der Waals surface area contributed by atoms with E-state index in [1.165, 1.54) is 19.2 Å². The molecule has 165 valence electrons. The summed E-state index contributed by atoms with van der Waals surface area (Å²) in [7, 11) is -3.55. The maximum atomic E-state index is 11.1. The van der Waals surface area contributed by atoms with E-state index in [1.807, 2.05) is 12.1 Å². The molecule has 11 heteroatoms. The third-order valence-corrected chi connectivity index (χ3v) is 3.70. The number of fused-ring (bicyclic) bond motifs is 3. The topological polar surface area (TPSA) is 167 Å². The van der Waals surface area contributed by atoms with Crippen molar-refractivity contribution in [1.29, 1.82) is 0 Å². The Labute approximate surface area is 189 Å². The number of rotatable bonds is 2. The maximum absolute atomic E-state index is 11.1. The zero-order valence-corrected chi connectivity index (χ0v) is 17.6. The van der Waals surface area contributed by atoms with Crippen LogP contribution >= 0.6 is 0 Å². The Morgan fingerprint density at radius 2 is 1.32 bits per heavy atom. The van der Waals surface area contributed by atoms with E-state index in [9.17, 15) is 9.90 Å². The van der Waals surface area contributed by atoms with Crippen LogP contribution < -0.4 is 28.5 Å². The van der Waals surface area contributed by atoms with Crippen molar-refractivity contribution in [2.75, 3.05) is 7.11 Å². The van der Waals surface area contributed by atoms with Crippen molar-refractivity contribution in [2.24, 2.45) is 0 Å². The Bertz CT molecular complexity index is 1080. The molecule has 0 spiro atoms. The second kappa shape index (κ2) is 12.1. The molecule has 4 rings (SSSR count). The van der Waals surface area contributed by atoms with Crippen LogP contribution in [0.2, 0.25) is 0 Å². The second-order valence-corrected chi connectivity index (χ2v) is 6.35. The summed E-state index contributed by atoms with van der Waals surface area (Å²) in [5.74, 6) is -0.153. The molecule has 4 aromatic rings. The standard InChI is InChI=1S/C12H8N2.C8H8O3.ClHO4.Cu/c1-3-9-5-6-10-4-2-8-14-12(10)11(9)13-7-1;1-11-7-4-2-3-6(5-9)8(7)10;2-1(3,4)5;/h1-8H;2-5,10H,1H3;(H,2,3,4,5);/q;;;+2/p-2. The molecule has 0 fully saturated rings. The number of carbonyl (C=O) groups is 1. The van der Waals surface area contributed by atoms with Crippen LogP contribution in [-0.2, 0) is 17.1 Å². The molecule has 0 saturated carbocycles. The van der Waals surface area contributed by atoms with Gasteiger partial charge in [0.1, 0.15) is 12.0 Å². The molecular formula is C20H15ClCuN2O7. The Kier molecular flexibility index (Phi) is 10.3. The van der Waals surface area contributed by atoms with Crippen LogP contribution in [-0.4, -0.2) is 23.4 Å². The number of hydrogen-bond acceptors (Lipinski definition) is 9. The summed E-state index contributed by atoms with van der Waals surface area (Å²) < 4.78 is 38.7. The number of methoxy groups -OCH3 is 1. The van der Waals surface area contributed by atoms with Crippen LogP contribution in [0, 0.1) is 10.2 Å². The molecule has 0 saturated heterocycles. The summed E-state index contributed by atoms with van der Waals surface area (Å²) in [5, 5.41) is 13.4. The van der Waals surface area contributed by atoms with Crippen LogP contribution in [0.5, 0.6) is 11.5 Å². The smallest absolute Gasteiger partial charge is 0.869 e. The summed E-state index contributed by atoms with van der Waals surface area (Å²) in [5.41, 5.74) is 2.08.